The van der Waals surface area contributed by atoms with Crippen LogP contribution in [0, 0.1) is 3.57 Å². The summed E-state index contributed by atoms with van der Waals surface area (Å²) < 4.78 is 12.4. The number of carbonyl (C=O) groups is 2. The van der Waals surface area contributed by atoms with Gasteiger partial charge in [0.15, 0.2) is 16.7 Å². The van der Waals surface area contributed by atoms with Crippen molar-refractivity contribution in [2.75, 3.05) is 14.2 Å². The van der Waals surface area contributed by atoms with Crippen LogP contribution in [-0.2, 0) is 11.4 Å². The van der Waals surface area contributed by atoms with Crippen LogP contribution in [0.3, 0.4) is 0 Å². The van der Waals surface area contributed by atoms with Crippen molar-refractivity contribution in [2.24, 2.45) is 4.99 Å². The molecule has 0 bridgehead atoms. The van der Waals surface area contributed by atoms with Crippen molar-refractivity contribution >= 4 is 74.8 Å². The number of benzene rings is 3. The van der Waals surface area contributed by atoms with Gasteiger partial charge in [-0.3, -0.25) is 9.69 Å². The van der Waals surface area contributed by atoms with Gasteiger partial charge < -0.3 is 14.6 Å². The minimum Gasteiger partial charge on any atom is -0.493 e. The molecule has 1 heterocycles. The highest BCUT2D eigenvalue weighted by Crippen LogP contribution is 2.38. The first-order valence-corrected chi connectivity index (χ1v) is 12.9. The molecular weight excluding hydrogens is 615 g/mol. The Hall–Kier alpha value is -3.02. The standard InChI is InChI=1S/C26H20ClIN2O5S/c1-30-24(31)22(36-26(30)29-19-9-5-17(6-10-19)25(32)33)13-16-11-20(28)23(21(12-16)34-2)35-14-15-3-7-18(27)8-4-15/h3-13H,14H2,1-2H3,(H,32,33)/b22-13-,29-26?. The molecule has 0 spiro atoms. The maximum atomic E-state index is 12.9. The molecule has 1 aliphatic rings. The average Bonchev–Trinajstić information content (AvgIpc) is 3.12. The Morgan fingerprint density at radius 2 is 1.86 bits per heavy atom. The molecule has 0 radical (unpaired) electrons. The Morgan fingerprint density at radius 3 is 2.50 bits per heavy atom. The van der Waals surface area contributed by atoms with Crippen LogP contribution in [0.1, 0.15) is 21.5 Å². The molecule has 1 saturated heterocycles. The highest BCUT2D eigenvalue weighted by Gasteiger charge is 2.30. The lowest BCUT2D eigenvalue weighted by Crippen LogP contribution is -2.23. The molecule has 4 rings (SSSR count). The summed E-state index contributed by atoms with van der Waals surface area (Å²) in [5, 5.41) is 10.2. The lowest BCUT2D eigenvalue weighted by Gasteiger charge is -2.14. The highest BCUT2D eigenvalue weighted by molar-refractivity contribution is 14.1. The van der Waals surface area contributed by atoms with Crippen molar-refractivity contribution in [3.63, 3.8) is 0 Å². The van der Waals surface area contributed by atoms with Crippen LogP contribution in [0.15, 0.2) is 70.6 Å². The number of nitrogens with zero attached hydrogens (tertiary/aromatic N) is 2. The second-order valence-corrected chi connectivity index (χ2v) is 10.3. The van der Waals surface area contributed by atoms with Gasteiger partial charge in [0.25, 0.3) is 5.91 Å². The van der Waals surface area contributed by atoms with Crippen molar-refractivity contribution in [1.82, 2.24) is 4.90 Å². The number of carbonyl (C=O) groups excluding carboxylic acids is 1. The number of likely N-dealkylation sites (N-methyl/N-ethyl adjacent to an activating group) is 1. The van der Waals surface area contributed by atoms with Gasteiger partial charge in [0.1, 0.15) is 6.61 Å². The predicted octanol–water partition coefficient (Wildman–Crippen LogP) is 6.46. The van der Waals surface area contributed by atoms with E-state index in [0.717, 1.165) is 14.7 Å². The number of methoxy groups -OCH3 is 1. The number of amides is 1. The molecular formula is C26H20ClIN2O5S. The largest absolute Gasteiger partial charge is 0.493 e. The molecule has 1 N–H and O–H groups in total. The van der Waals surface area contributed by atoms with E-state index < -0.39 is 5.97 Å². The molecule has 184 valence electrons. The lowest BCUT2D eigenvalue weighted by atomic mass is 10.1. The second kappa shape index (κ2) is 11.4. The molecule has 1 fully saturated rings. The van der Waals surface area contributed by atoms with Crippen LogP contribution in [0.25, 0.3) is 6.08 Å². The maximum absolute atomic E-state index is 12.9. The number of aromatic carboxylic acids is 1. The molecule has 0 atom stereocenters. The second-order valence-electron chi connectivity index (χ2n) is 7.67. The SMILES string of the molecule is COc1cc(/C=C2\SC(=Nc3ccc(C(=O)O)cc3)N(C)C2=O)cc(I)c1OCc1ccc(Cl)cc1. The number of rotatable bonds is 7. The molecule has 3 aromatic rings. The third-order valence-corrected chi connectivity index (χ3v) is 7.30. The number of carboxylic acid groups (broad SMARTS) is 1. The normalized spacial score (nSPS) is 15.6. The van der Waals surface area contributed by atoms with Crippen molar-refractivity contribution in [3.05, 3.63) is 90.9 Å². The van der Waals surface area contributed by atoms with Gasteiger partial charge in [0.05, 0.1) is 26.8 Å². The summed E-state index contributed by atoms with van der Waals surface area (Å²) in [4.78, 5) is 30.4. The van der Waals surface area contributed by atoms with Crippen molar-refractivity contribution in [1.29, 1.82) is 0 Å². The number of aliphatic imine (C=N–C) groups is 1. The molecule has 0 unspecified atom stereocenters. The molecule has 1 amide bonds. The number of hydrogen-bond acceptors (Lipinski definition) is 6. The Balaban J connectivity index is 1.55. The highest BCUT2D eigenvalue weighted by atomic mass is 127. The van der Waals surface area contributed by atoms with Gasteiger partial charge in [-0.2, -0.15) is 0 Å². The summed E-state index contributed by atoms with van der Waals surface area (Å²) in [5.41, 5.74) is 2.49. The monoisotopic (exact) mass is 634 g/mol. The number of thioether (sulfide) groups is 1. The number of halogens is 2. The summed E-state index contributed by atoms with van der Waals surface area (Å²) in [5.74, 6) is -0.0185. The van der Waals surface area contributed by atoms with Crippen molar-refractivity contribution in [2.45, 2.75) is 6.61 Å². The summed E-state index contributed by atoms with van der Waals surface area (Å²) in [6.45, 7) is 0.358. The smallest absolute Gasteiger partial charge is 0.335 e. The van der Waals surface area contributed by atoms with Crippen LogP contribution in [0.4, 0.5) is 5.69 Å². The first-order valence-electron chi connectivity index (χ1n) is 10.6. The Morgan fingerprint density at radius 1 is 1.17 bits per heavy atom. The van der Waals surface area contributed by atoms with E-state index >= 15 is 0 Å². The molecule has 0 aliphatic carbocycles. The van der Waals surface area contributed by atoms with Gasteiger partial charge in [-0.15, -0.1) is 0 Å². The Bertz CT molecular complexity index is 1370. The number of carboxylic acids is 1. The van der Waals surface area contributed by atoms with Crippen LogP contribution in [-0.4, -0.2) is 41.2 Å². The van der Waals surface area contributed by atoms with E-state index in [1.807, 2.05) is 36.4 Å². The van der Waals surface area contributed by atoms with Gasteiger partial charge in [0, 0.05) is 12.1 Å². The lowest BCUT2D eigenvalue weighted by molar-refractivity contribution is -0.121. The average molecular weight is 635 g/mol. The molecule has 0 saturated carbocycles. The van der Waals surface area contributed by atoms with Gasteiger partial charge in [-0.05, 0) is 100 Å². The van der Waals surface area contributed by atoms with Crippen molar-refractivity contribution < 1.29 is 24.2 Å². The molecule has 0 aromatic heterocycles. The number of hydrogen-bond donors (Lipinski definition) is 1. The quantitative estimate of drug-likeness (QED) is 0.237. The fourth-order valence-electron chi connectivity index (χ4n) is 3.29. The summed E-state index contributed by atoms with van der Waals surface area (Å²) >= 11 is 9.38. The van der Waals surface area contributed by atoms with Gasteiger partial charge in [0.2, 0.25) is 0 Å². The van der Waals surface area contributed by atoms with E-state index in [0.29, 0.717) is 38.9 Å². The fraction of sp³-hybridized carbons (Fsp3) is 0.115. The zero-order chi connectivity index (χ0) is 25.8. The van der Waals surface area contributed by atoms with E-state index in [-0.39, 0.29) is 11.5 Å². The van der Waals surface area contributed by atoms with Crippen LogP contribution in [0.5, 0.6) is 11.5 Å². The third-order valence-electron chi connectivity index (χ3n) is 5.19. The molecule has 3 aromatic carbocycles. The van der Waals surface area contributed by atoms with Gasteiger partial charge in [-0.1, -0.05) is 23.7 Å². The summed E-state index contributed by atoms with van der Waals surface area (Å²) in [6, 6.07) is 17.3. The van der Waals surface area contributed by atoms with Crippen LogP contribution >= 0.6 is 46.0 Å². The first-order chi connectivity index (χ1) is 17.2. The number of amidine groups is 1. The van der Waals surface area contributed by atoms with E-state index in [4.69, 9.17) is 26.2 Å². The van der Waals surface area contributed by atoms with E-state index in [1.165, 1.54) is 28.8 Å². The molecule has 7 nitrogen and oxygen atoms in total. The van der Waals surface area contributed by atoms with Crippen LogP contribution in [0.2, 0.25) is 5.02 Å². The van der Waals surface area contributed by atoms with Gasteiger partial charge in [-0.25, -0.2) is 9.79 Å². The van der Waals surface area contributed by atoms with E-state index in [2.05, 4.69) is 27.6 Å². The number of ether oxygens (including phenoxy) is 2. The van der Waals surface area contributed by atoms with Crippen molar-refractivity contribution in [3.8, 4) is 11.5 Å². The zero-order valence-electron chi connectivity index (χ0n) is 19.2. The molecule has 10 heteroatoms. The first kappa shape index (κ1) is 26.1. The third kappa shape index (κ3) is 6.03. The fourth-order valence-corrected chi connectivity index (χ4v) is 5.19. The molecule has 36 heavy (non-hydrogen) atoms. The van der Waals surface area contributed by atoms with E-state index in [9.17, 15) is 9.59 Å². The minimum atomic E-state index is -1.01. The topological polar surface area (TPSA) is 88.4 Å². The van der Waals surface area contributed by atoms with Gasteiger partial charge >= 0.3 is 5.97 Å². The van der Waals surface area contributed by atoms with E-state index in [1.54, 1.807) is 32.4 Å². The zero-order valence-corrected chi connectivity index (χ0v) is 22.9. The summed E-state index contributed by atoms with van der Waals surface area (Å²) in [7, 11) is 3.22. The Labute approximate surface area is 230 Å². The minimum absolute atomic E-state index is 0.173. The summed E-state index contributed by atoms with van der Waals surface area (Å²) in [6.07, 6.45) is 1.78. The molecule has 1 aliphatic heterocycles. The van der Waals surface area contributed by atoms with Crippen LogP contribution < -0.4 is 9.47 Å². The predicted molar refractivity (Wildman–Crippen MR) is 150 cm³/mol. The Kier molecular flexibility index (Phi) is 8.22. The maximum Gasteiger partial charge on any atom is 0.335 e.